The van der Waals surface area contributed by atoms with Crippen molar-refractivity contribution in [2.24, 2.45) is 11.8 Å². The molecule has 1 aromatic carbocycles. The van der Waals surface area contributed by atoms with Gasteiger partial charge in [-0.3, -0.25) is 0 Å². The second-order valence-electron chi connectivity index (χ2n) is 10.6. The molecular formula is C28H45N3O4. The summed E-state index contributed by atoms with van der Waals surface area (Å²) in [4.78, 5) is 15.2. The molecule has 3 rings (SSSR count). The average Bonchev–Trinajstić information content (AvgIpc) is 3.21. The van der Waals surface area contributed by atoms with Crippen LogP contribution in [-0.2, 0) is 10.3 Å². The highest BCUT2D eigenvalue weighted by Crippen LogP contribution is 2.43. The van der Waals surface area contributed by atoms with Crippen molar-refractivity contribution in [3.05, 3.63) is 35.6 Å². The standard InChI is InChI=1S/C28H45N3O4/c1-20(2)16-24(18-29-4)30-27(32)31-14-9-11-23(19-31)28(33,13-6-7-15-34-5)25-12-8-10-22-17-21(3)35-26(22)25/h8,10,12,17,20,23-24,29,33H,6-7,9,11,13-16,18-19H2,1-5H3,(H,30,32)/t23-,24+,28+/m1/s1. The van der Waals surface area contributed by atoms with Gasteiger partial charge in [0.05, 0.1) is 5.60 Å². The number of likely N-dealkylation sites (N-methyl/N-ethyl adjacent to an activating group) is 1. The third-order valence-corrected chi connectivity index (χ3v) is 7.21. The molecule has 7 nitrogen and oxygen atoms in total. The Bertz CT molecular complexity index is 943. The van der Waals surface area contributed by atoms with Crippen LogP contribution in [-0.4, -0.2) is 62.5 Å². The van der Waals surface area contributed by atoms with Crippen LogP contribution < -0.4 is 10.6 Å². The van der Waals surface area contributed by atoms with Gasteiger partial charge in [0.25, 0.3) is 0 Å². The van der Waals surface area contributed by atoms with Crippen LogP contribution in [0.25, 0.3) is 11.0 Å². The Labute approximate surface area is 210 Å². The van der Waals surface area contributed by atoms with Crippen molar-refractivity contribution in [3.63, 3.8) is 0 Å². The molecule has 3 atom stereocenters. The van der Waals surface area contributed by atoms with E-state index in [1.54, 1.807) is 7.11 Å². The number of amides is 2. The lowest BCUT2D eigenvalue weighted by atomic mass is 9.73. The van der Waals surface area contributed by atoms with E-state index in [4.69, 9.17) is 9.15 Å². The van der Waals surface area contributed by atoms with E-state index in [9.17, 15) is 9.90 Å². The molecule has 0 unspecified atom stereocenters. The molecule has 0 aliphatic carbocycles. The first-order valence-corrected chi connectivity index (χ1v) is 13.2. The van der Waals surface area contributed by atoms with Crippen LogP contribution in [0.5, 0.6) is 0 Å². The molecule has 35 heavy (non-hydrogen) atoms. The fraction of sp³-hybridized carbons (Fsp3) is 0.679. The van der Waals surface area contributed by atoms with Crippen molar-refractivity contribution < 1.29 is 19.1 Å². The predicted octanol–water partition coefficient (Wildman–Crippen LogP) is 4.80. The van der Waals surface area contributed by atoms with E-state index in [0.29, 0.717) is 32.0 Å². The minimum atomic E-state index is -1.08. The molecule has 0 spiro atoms. The number of rotatable bonds is 12. The van der Waals surface area contributed by atoms with E-state index in [1.165, 1.54) is 0 Å². The van der Waals surface area contributed by atoms with E-state index >= 15 is 0 Å². The number of benzene rings is 1. The van der Waals surface area contributed by atoms with Crippen LogP contribution in [0.2, 0.25) is 0 Å². The smallest absolute Gasteiger partial charge is 0.317 e. The fourth-order valence-corrected chi connectivity index (χ4v) is 5.56. The van der Waals surface area contributed by atoms with Gasteiger partial charge >= 0.3 is 6.03 Å². The Kier molecular flexibility index (Phi) is 10.0. The molecule has 2 amide bonds. The minimum absolute atomic E-state index is 0.0376. The number of urea groups is 1. The van der Waals surface area contributed by atoms with Gasteiger partial charge in [0.15, 0.2) is 0 Å². The first-order chi connectivity index (χ1) is 16.8. The summed E-state index contributed by atoms with van der Waals surface area (Å²) < 4.78 is 11.3. The number of nitrogens with one attached hydrogen (secondary N) is 2. The maximum Gasteiger partial charge on any atom is 0.317 e. The SMILES string of the molecule is CNC[C@H](CC(C)C)NC(=O)N1CCC[C@@H]([C@@](O)(CCCCOC)c2cccc3cc(C)oc23)C1. The number of carbonyl (C=O) groups excluding carboxylic acids is 1. The van der Waals surface area contributed by atoms with Crippen LogP contribution in [0, 0.1) is 18.8 Å². The number of furan rings is 1. The molecule has 0 saturated carbocycles. The summed E-state index contributed by atoms with van der Waals surface area (Å²) in [5, 5.41) is 19.8. The molecule has 3 N–H and O–H groups in total. The van der Waals surface area contributed by atoms with Crippen molar-refractivity contribution in [1.29, 1.82) is 0 Å². The molecular weight excluding hydrogens is 442 g/mol. The number of aryl methyl sites for hydroxylation is 1. The third-order valence-electron chi connectivity index (χ3n) is 7.21. The van der Waals surface area contributed by atoms with E-state index in [2.05, 4.69) is 24.5 Å². The number of piperidine rings is 1. The Morgan fingerprint density at radius 1 is 1.34 bits per heavy atom. The lowest BCUT2D eigenvalue weighted by molar-refractivity contribution is -0.0558. The summed E-state index contributed by atoms with van der Waals surface area (Å²) in [5.74, 6) is 1.25. The number of carbonyl (C=O) groups is 1. The topological polar surface area (TPSA) is 87.0 Å². The molecule has 196 valence electrons. The van der Waals surface area contributed by atoms with Crippen molar-refractivity contribution in [2.45, 2.75) is 70.9 Å². The van der Waals surface area contributed by atoms with Gasteiger partial charge in [-0.2, -0.15) is 0 Å². The van der Waals surface area contributed by atoms with Gasteiger partial charge in [-0.15, -0.1) is 0 Å². The minimum Gasteiger partial charge on any atom is -0.461 e. The summed E-state index contributed by atoms with van der Waals surface area (Å²) in [6, 6.07) is 8.07. The number of unbranched alkanes of at least 4 members (excludes halogenated alkanes) is 1. The lowest BCUT2D eigenvalue weighted by Crippen LogP contribution is -2.53. The average molecular weight is 488 g/mol. The molecule has 1 aromatic heterocycles. The second-order valence-corrected chi connectivity index (χ2v) is 10.6. The molecule has 1 aliphatic rings. The zero-order chi connectivity index (χ0) is 25.4. The van der Waals surface area contributed by atoms with E-state index in [1.807, 2.05) is 43.1 Å². The number of fused-ring (bicyclic) bond motifs is 1. The molecule has 2 heterocycles. The van der Waals surface area contributed by atoms with Gasteiger partial charge in [-0.1, -0.05) is 32.0 Å². The van der Waals surface area contributed by atoms with E-state index < -0.39 is 5.60 Å². The van der Waals surface area contributed by atoms with Crippen molar-refractivity contribution in [1.82, 2.24) is 15.5 Å². The summed E-state index contributed by atoms with van der Waals surface area (Å²) in [6.45, 7) is 8.93. The zero-order valence-electron chi connectivity index (χ0n) is 22.2. The number of likely N-dealkylation sites (tertiary alicyclic amines) is 1. The molecule has 1 saturated heterocycles. The number of nitrogens with zero attached hydrogens (tertiary/aromatic N) is 1. The number of ether oxygens (including phenoxy) is 1. The molecule has 2 aromatic rings. The van der Waals surface area contributed by atoms with Crippen molar-refractivity contribution >= 4 is 17.0 Å². The predicted molar refractivity (Wildman–Crippen MR) is 141 cm³/mol. The molecule has 1 aliphatic heterocycles. The summed E-state index contributed by atoms with van der Waals surface area (Å²) in [7, 11) is 3.62. The van der Waals surface area contributed by atoms with Gasteiger partial charge in [0, 0.05) is 56.3 Å². The van der Waals surface area contributed by atoms with Crippen LogP contribution in [0.1, 0.15) is 63.7 Å². The number of methoxy groups -OCH3 is 1. The van der Waals surface area contributed by atoms with Crippen molar-refractivity contribution in [2.75, 3.05) is 40.4 Å². The van der Waals surface area contributed by atoms with Gasteiger partial charge in [-0.05, 0) is 64.5 Å². The summed E-state index contributed by atoms with van der Waals surface area (Å²) in [6.07, 6.45) is 4.98. The second kappa shape index (κ2) is 12.7. The Balaban J connectivity index is 1.84. The molecule has 0 bridgehead atoms. The van der Waals surface area contributed by atoms with Gasteiger partial charge in [-0.25, -0.2) is 4.79 Å². The number of hydrogen-bond acceptors (Lipinski definition) is 5. The summed E-state index contributed by atoms with van der Waals surface area (Å²) in [5.41, 5.74) is 0.506. The Hall–Kier alpha value is -2.09. The molecule has 7 heteroatoms. The number of para-hydroxylation sites is 1. The van der Waals surface area contributed by atoms with Gasteiger partial charge < -0.3 is 29.8 Å². The normalized spacial score (nSPS) is 19.2. The fourth-order valence-electron chi connectivity index (χ4n) is 5.56. The highest BCUT2D eigenvalue weighted by molar-refractivity contribution is 5.82. The van der Waals surface area contributed by atoms with Crippen LogP contribution in [0.3, 0.4) is 0 Å². The first kappa shape index (κ1) is 27.5. The van der Waals surface area contributed by atoms with Gasteiger partial charge in [0.2, 0.25) is 0 Å². The molecule has 1 fully saturated rings. The number of aliphatic hydroxyl groups is 1. The maximum absolute atomic E-state index is 13.3. The third kappa shape index (κ3) is 6.99. The van der Waals surface area contributed by atoms with E-state index in [0.717, 1.165) is 60.9 Å². The first-order valence-electron chi connectivity index (χ1n) is 13.2. The zero-order valence-corrected chi connectivity index (χ0v) is 22.2. The van der Waals surface area contributed by atoms with Crippen LogP contribution in [0.4, 0.5) is 4.79 Å². The lowest BCUT2D eigenvalue weighted by Gasteiger charge is -2.43. The summed E-state index contributed by atoms with van der Waals surface area (Å²) >= 11 is 0. The number of hydrogen-bond donors (Lipinski definition) is 3. The highest BCUT2D eigenvalue weighted by atomic mass is 16.5. The highest BCUT2D eigenvalue weighted by Gasteiger charge is 2.43. The quantitative estimate of drug-likeness (QED) is 0.374. The van der Waals surface area contributed by atoms with Crippen LogP contribution in [0.15, 0.2) is 28.7 Å². The Morgan fingerprint density at radius 2 is 2.14 bits per heavy atom. The Morgan fingerprint density at radius 3 is 2.86 bits per heavy atom. The van der Waals surface area contributed by atoms with E-state index in [-0.39, 0.29) is 18.0 Å². The maximum atomic E-state index is 13.3. The van der Waals surface area contributed by atoms with Gasteiger partial charge in [0.1, 0.15) is 11.3 Å². The largest absolute Gasteiger partial charge is 0.461 e. The molecule has 0 radical (unpaired) electrons. The van der Waals surface area contributed by atoms with Crippen molar-refractivity contribution in [3.8, 4) is 0 Å². The van der Waals surface area contributed by atoms with Crippen LogP contribution >= 0.6 is 0 Å². The monoisotopic (exact) mass is 487 g/mol.